The summed E-state index contributed by atoms with van der Waals surface area (Å²) in [7, 11) is 0. The molecule has 0 spiro atoms. The largest absolute Gasteiger partial charge is 0.389 e. The number of hydrogen-bond donors (Lipinski definition) is 1. The van der Waals surface area contributed by atoms with Crippen molar-refractivity contribution in [2.45, 2.75) is 0 Å². The predicted octanol–water partition coefficient (Wildman–Crippen LogP) is 2.53. The van der Waals surface area contributed by atoms with E-state index in [0.717, 1.165) is 10.6 Å². The van der Waals surface area contributed by atoms with Crippen LogP contribution in [0.3, 0.4) is 0 Å². The summed E-state index contributed by atoms with van der Waals surface area (Å²) >= 11 is 1.39. The molecular weight excluding hydrogens is 187 g/mol. The molecule has 4 heteroatoms. The maximum absolute atomic E-state index is 12.6. The molecule has 1 aromatic carbocycles. The van der Waals surface area contributed by atoms with Crippen molar-refractivity contribution in [2.24, 2.45) is 0 Å². The van der Waals surface area contributed by atoms with Gasteiger partial charge in [-0.1, -0.05) is 11.3 Å². The summed E-state index contributed by atoms with van der Waals surface area (Å²) in [6.45, 7) is 0. The van der Waals surface area contributed by atoms with E-state index in [2.05, 4.69) is 4.98 Å². The molecule has 2 N–H and O–H groups in total. The average Bonchev–Trinajstić information content (AvgIpc) is 2.53. The van der Waals surface area contributed by atoms with Gasteiger partial charge in [-0.2, -0.15) is 0 Å². The minimum Gasteiger partial charge on any atom is -0.389 e. The molecule has 0 saturated carbocycles. The summed E-state index contributed by atoms with van der Waals surface area (Å²) in [6, 6.07) is 6.20. The van der Waals surface area contributed by atoms with Crippen LogP contribution in [0.15, 0.2) is 30.5 Å². The summed E-state index contributed by atoms with van der Waals surface area (Å²) in [6.07, 6.45) is 1.60. The molecule has 0 amide bonds. The van der Waals surface area contributed by atoms with E-state index in [1.807, 2.05) is 0 Å². The van der Waals surface area contributed by atoms with E-state index in [1.54, 1.807) is 18.3 Å². The second kappa shape index (κ2) is 3.14. The van der Waals surface area contributed by atoms with Gasteiger partial charge in [0.25, 0.3) is 0 Å². The van der Waals surface area contributed by atoms with E-state index in [0.29, 0.717) is 5.00 Å². The molecule has 0 radical (unpaired) electrons. The van der Waals surface area contributed by atoms with Crippen molar-refractivity contribution in [1.82, 2.24) is 4.98 Å². The van der Waals surface area contributed by atoms with E-state index < -0.39 is 0 Å². The van der Waals surface area contributed by atoms with Gasteiger partial charge in [-0.05, 0) is 24.3 Å². The van der Waals surface area contributed by atoms with E-state index in [4.69, 9.17) is 5.73 Å². The zero-order chi connectivity index (χ0) is 9.26. The van der Waals surface area contributed by atoms with Crippen LogP contribution in [0, 0.1) is 5.82 Å². The van der Waals surface area contributed by atoms with Crippen molar-refractivity contribution in [3.8, 4) is 10.6 Å². The summed E-state index contributed by atoms with van der Waals surface area (Å²) in [4.78, 5) is 4.09. The number of aromatic nitrogens is 1. The monoisotopic (exact) mass is 194 g/mol. The second-order valence-electron chi connectivity index (χ2n) is 2.57. The highest BCUT2D eigenvalue weighted by atomic mass is 32.1. The van der Waals surface area contributed by atoms with Crippen molar-refractivity contribution in [3.63, 3.8) is 0 Å². The van der Waals surface area contributed by atoms with Crippen LogP contribution in [0.5, 0.6) is 0 Å². The van der Waals surface area contributed by atoms with Crippen LogP contribution in [-0.2, 0) is 0 Å². The van der Waals surface area contributed by atoms with Gasteiger partial charge in [-0.25, -0.2) is 9.37 Å². The normalized spacial score (nSPS) is 10.2. The summed E-state index contributed by atoms with van der Waals surface area (Å²) in [5, 5.41) is 1.48. The Morgan fingerprint density at radius 1 is 1.23 bits per heavy atom. The van der Waals surface area contributed by atoms with Gasteiger partial charge in [0.05, 0.1) is 6.20 Å². The van der Waals surface area contributed by atoms with Gasteiger partial charge in [0.1, 0.15) is 15.8 Å². The van der Waals surface area contributed by atoms with Crippen molar-refractivity contribution >= 4 is 16.3 Å². The third-order valence-corrected chi connectivity index (χ3v) is 2.49. The quantitative estimate of drug-likeness (QED) is 0.757. The van der Waals surface area contributed by atoms with Crippen molar-refractivity contribution in [3.05, 3.63) is 36.3 Å². The van der Waals surface area contributed by atoms with Crippen LogP contribution in [0.4, 0.5) is 9.39 Å². The van der Waals surface area contributed by atoms with Crippen LogP contribution in [0.25, 0.3) is 10.6 Å². The number of nitrogens with zero attached hydrogens (tertiary/aromatic N) is 1. The fraction of sp³-hybridized carbons (Fsp3) is 0. The lowest BCUT2D eigenvalue weighted by atomic mass is 10.2. The topological polar surface area (TPSA) is 38.9 Å². The predicted molar refractivity (Wildman–Crippen MR) is 51.9 cm³/mol. The summed E-state index contributed by atoms with van der Waals surface area (Å²) in [5.41, 5.74) is 6.42. The zero-order valence-electron chi connectivity index (χ0n) is 6.70. The first-order valence-electron chi connectivity index (χ1n) is 3.73. The van der Waals surface area contributed by atoms with Crippen molar-refractivity contribution in [1.29, 1.82) is 0 Å². The maximum atomic E-state index is 12.6. The Morgan fingerprint density at radius 2 is 1.92 bits per heavy atom. The fourth-order valence-electron chi connectivity index (χ4n) is 1.01. The first-order chi connectivity index (χ1) is 6.25. The fourth-order valence-corrected chi connectivity index (χ4v) is 1.70. The molecule has 13 heavy (non-hydrogen) atoms. The minimum atomic E-state index is -0.242. The Morgan fingerprint density at radius 3 is 2.46 bits per heavy atom. The lowest BCUT2D eigenvalue weighted by Crippen LogP contribution is -1.76. The highest BCUT2D eigenvalue weighted by Crippen LogP contribution is 2.26. The molecule has 0 saturated heterocycles. The highest BCUT2D eigenvalue weighted by molar-refractivity contribution is 7.18. The first kappa shape index (κ1) is 8.19. The van der Waals surface area contributed by atoms with E-state index in [9.17, 15) is 4.39 Å². The minimum absolute atomic E-state index is 0.242. The molecule has 0 aliphatic carbocycles. The number of thiazole rings is 1. The SMILES string of the molecule is Nc1cnc(-c2ccc(F)cc2)s1. The molecule has 0 atom stereocenters. The number of nitrogens with two attached hydrogens (primary N) is 1. The first-order valence-corrected chi connectivity index (χ1v) is 4.54. The van der Waals surface area contributed by atoms with Crippen LogP contribution >= 0.6 is 11.3 Å². The molecular formula is C9H7FN2S. The van der Waals surface area contributed by atoms with Gasteiger partial charge in [0.15, 0.2) is 0 Å². The molecule has 0 bridgehead atoms. The lowest BCUT2D eigenvalue weighted by Gasteiger charge is -1.93. The lowest BCUT2D eigenvalue weighted by molar-refractivity contribution is 0.628. The van der Waals surface area contributed by atoms with Gasteiger partial charge >= 0.3 is 0 Å². The van der Waals surface area contributed by atoms with Crippen molar-refractivity contribution in [2.75, 3.05) is 5.73 Å². The van der Waals surface area contributed by atoms with Crippen LogP contribution in [-0.4, -0.2) is 4.98 Å². The molecule has 0 unspecified atom stereocenters. The number of benzene rings is 1. The molecule has 2 nitrogen and oxygen atoms in total. The molecule has 2 rings (SSSR count). The standard InChI is InChI=1S/C9H7FN2S/c10-7-3-1-6(2-4-7)9-12-5-8(11)13-9/h1-5H,11H2. The highest BCUT2D eigenvalue weighted by Gasteiger charge is 2.01. The number of halogens is 1. The van der Waals surface area contributed by atoms with Gasteiger partial charge in [-0.15, -0.1) is 0 Å². The molecule has 66 valence electrons. The summed E-state index contributed by atoms with van der Waals surface area (Å²) < 4.78 is 12.6. The number of rotatable bonds is 1. The van der Waals surface area contributed by atoms with Crippen LogP contribution in [0.1, 0.15) is 0 Å². The van der Waals surface area contributed by atoms with Gasteiger partial charge in [0.2, 0.25) is 0 Å². The second-order valence-corrected chi connectivity index (χ2v) is 3.64. The van der Waals surface area contributed by atoms with Gasteiger partial charge in [0, 0.05) is 5.56 Å². The van der Waals surface area contributed by atoms with E-state index in [1.165, 1.54) is 23.5 Å². The van der Waals surface area contributed by atoms with E-state index >= 15 is 0 Å². The molecule has 0 aliphatic rings. The van der Waals surface area contributed by atoms with Gasteiger partial charge in [-0.3, -0.25) is 0 Å². The maximum Gasteiger partial charge on any atom is 0.125 e. The third kappa shape index (κ3) is 1.67. The Bertz CT molecular complexity index is 408. The van der Waals surface area contributed by atoms with Crippen LogP contribution in [0.2, 0.25) is 0 Å². The molecule has 0 fully saturated rings. The van der Waals surface area contributed by atoms with Crippen LogP contribution < -0.4 is 5.73 Å². The Kier molecular flexibility index (Phi) is 1.98. The Labute approximate surface area is 78.9 Å². The Hall–Kier alpha value is -1.42. The molecule has 1 heterocycles. The zero-order valence-corrected chi connectivity index (χ0v) is 7.51. The van der Waals surface area contributed by atoms with Gasteiger partial charge < -0.3 is 5.73 Å². The Balaban J connectivity index is 2.41. The summed E-state index contributed by atoms with van der Waals surface area (Å²) in [5.74, 6) is -0.242. The number of hydrogen-bond acceptors (Lipinski definition) is 3. The number of anilines is 1. The number of nitrogen functional groups attached to an aromatic ring is 1. The smallest absolute Gasteiger partial charge is 0.125 e. The third-order valence-electron chi connectivity index (χ3n) is 1.61. The average molecular weight is 194 g/mol. The molecule has 1 aromatic heterocycles. The molecule has 2 aromatic rings. The van der Waals surface area contributed by atoms with E-state index in [-0.39, 0.29) is 5.82 Å². The van der Waals surface area contributed by atoms with Crippen molar-refractivity contribution < 1.29 is 4.39 Å². The molecule has 0 aliphatic heterocycles.